The van der Waals surface area contributed by atoms with Crippen LogP contribution in [0.25, 0.3) is 0 Å². The van der Waals surface area contributed by atoms with Crippen LogP contribution in [0.1, 0.15) is 33.1 Å². The van der Waals surface area contributed by atoms with E-state index in [1.165, 1.54) is 18.2 Å². The maximum absolute atomic E-state index is 13.6. The Morgan fingerprint density at radius 1 is 1.55 bits per heavy atom. The lowest BCUT2D eigenvalue weighted by Crippen LogP contribution is -2.46. The van der Waals surface area contributed by atoms with Crippen LogP contribution in [-0.4, -0.2) is 40.6 Å². The molecule has 22 heavy (non-hydrogen) atoms. The highest BCUT2D eigenvalue weighted by atomic mass is 19.1. The van der Waals surface area contributed by atoms with Crippen molar-refractivity contribution in [3.05, 3.63) is 24.0 Å². The number of nitrogen functional groups attached to an aromatic ring is 1. The molecule has 1 amide bonds. The highest BCUT2D eigenvalue weighted by Crippen LogP contribution is 2.26. The molecule has 0 saturated carbocycles. The van der Waals surface area contributed by atoms with Gasteiger partial charge in [0.1, 0.15) is 5.82 Å². The van der Waals surface area contributed by atoms with Crippen molar-refractivity contribution in [2.24, 2.45) is 0 Å². The Morgan fingerprint density at radius 3 is 2.95 bits per heavy atom. The minimum atomic E-state index is -0.785. The van der Waals surface area contributed by atoms with Gasteiger partial charge >= 0.3 is 0 Å². The maximum Gasteiger partial charge on any atom is 0.225 e. The monoisotopic (exact) mass is 309 g/mol. The van der Waals surface area contributed by atoms with E-state index in [2.05, 4.69) is 10.2 Å². The van der Waals surface area contributed by atoms with Gasteiger partial charge < -0.3 is 16.2 Å². The fourth-order valence-corrected chi connectivity index (χ4v) is 2.99. The number of halogens is 1. The van der Waals surface area contributed by atoms with Crippen LogP contribution < -0.4 is 11.1 Å². The van der Waals surface area contributed by atoms with Gasteiger partial charge in [-0.05, 0) is 51.4 Å². The molecule has 1 aromatic carbocycles. The highest BCUT2D eigenvalue weighted by molar-refractivity contribution is 5.91. The zero-order valence-electron chi connectivity index (χ0n) is 13.1. The topological polar surface area (TPSA) is 78.6 Å². The largest absolute Gasteiger partial charge is 0.399 e. The van der Waals surface area contributed by atoms with Crippen LogP contribution in [0, 0.1) is 5.82 Å². The SMILES string of the molecule is CC(C)(O)C1CCCN1CCC(=O)Nc1cc(N)ccc1F. The van der Waals surface area contributed by atoms with Gasteiger partial charge in [-0.2, -0.15) is 0 Å². The number of rotatable bonds is 5. The first kappa shape index (κ1) is 16.7. The van der Waals surface area contributed by atoms with Crippen molar-refractivity contribution >= 4 is 17.3 Å². The normalized spacial score (nSPS) is 19.4. The third-order valence-corrected chi connectivity index (χ3v) is 4.07. The Morgan fingerprint density at radius 2 is 2.27 bits per heavy atom. The predicted octanol–water partition coefficient (Wildman–Crippen LogP) is 1.97. The number of carbonyl (C=O) groups excluding carboxylic acids is 1. The summed E-state index contributed by atoms with van der Waals surface area (Å²) in [5.41, 5.74) is 5.31. The van der Waals surface area contributed by atoms with Crippen molar-refractivity contribution in [1.82, 2.24) is 4.90 Å². The third kappa shape index (κ3) is 4.18. The molecule has 4 N–H and O–H groups in total. The van der Waals surface area contributed by atoms with E-state index >= 15 is 0 Å². The van der Waals surface area contributed by atoms with E-state index in [0.29, 0.717) is 12.2 Å². The molecule has 122 valence electrons. The first-order valence-electron chi connectivity index (χ1n) is 7.58. The minimum Gasteiger partial charge on any atom is -0.399 e. The number of hydrogen-bond donors (Lipinski definition) is 3. The van der Waals surface area contributed by atoms with Crippen LogP contribution in [0.3, 0.4) is 0 Å². The summed E-state index contributed by atoms with van der Waals surface area (Å²) in [5, 5.41) is 12.7. The van der Waals surface area contributed by atoms with Gasteiger partial charge in [0.05, 0.1) is 11.3 Å². The van der Waals surface area contributed by atoms with Gasteiger partial charge in [-0.25, -0.2) is 4.39 Å². The molecule has 1 saturated heterocycles. The first-order chi connectivity index (χ1) is 10.3. The standard InChI is InChI=1S/C16H24FN3O2/c1-16(2,22)14-4-3-8-20(14)9-7-15(21)19-13-10-11(18)5-6-12(13)17/h5-6,10,14,22H,3-4,7-9,18H2,1-2H3,(H,19,21). The lowest BCUT2D eigenvalue weighted by molar-refractivity contribution is -0.116. The Hall–Kier alpha value is -1.66. The van der Waals surface area contributed by atoms with Gasteiger partial charge in [0, 0.05) is 24.7 Å². The average molecular weight is 309 g/mol. The predicted molar refractivity (Wildman–Crippen MR) is 85.0 cm³/mol. The van der Waals surface area contributed by atoms with Gasteiger partial charge in [0.25, 0.3) is 0 Å². The van der Waals surface area contributed by atoms with Crippen LogP contribution in [0.5, 0.6) is 0 Å². The first-order valence-corrected chi connectivity index (χ1v) is 7.58. The molecule has 0 spiro atoms. The van der Waals surface area contributed by atoms with Gasteiger partial charge in [0.2, 0.25) is 5.91 Å². The number of nitrogens with zero attached hydrogens (tertiary/aromatic N) is 1. The molecular weight excluding hydrogens is 285 g/mol. The Balaban J connectivity index is 1.89. The fourth-order valence-electron chi connectivity index (χ4n) is 2.99. The summed E-state index contributed by atoms with van der Waals surface area (Å²) in [6.45, 7) is 5.00. The zero-order valence-corrected chi connectivity index (χ0v) is 13.1. The van der Waals surface area contributed by atoms with E-state index < -0.39 is 11.4 Å². The van der Waals surface area contributed by atoms with Crippen molar-refractivity contribution in [2.75, 3.05) is 24.1 Å². The molecule has 1 unspecified atom stereocenters. The number of aliphatic hydroxyl groups is 1. The fraction of sp³-hybridized carbons (Fsp3) is 0.562. The summed E-state index contributed by atoms with van der Waals surface area (Å²) in [6, 6.07) is 4.14. The number of nitrogens with two attached hydrogens (primary N) is 1. The summed E-state index contributed by atoms with van der Waals surface area (Å²) in [4.78, 5) is 14.1. The number of carbonyl (C=O) groups is 1. The molecule has 0 aromatic heterocycles. The van der Waals surface area contributed by atoms with Crippen molar-refractivity contribution in [2.45, 2.75) is 44.8 Å². The molecule has 1 atom stereocenters. The second-order valence-electron chi connectivity index (χ2n) is 6.39. The molecule has 2 rings (SSSR count). The summed E-state index contributed by atoms with van der Waals surface area (Å²) < 4.78 is 13.6. The molecule has 0 aliphatic carbocycles. The number of benzene rings is 1. The molecule has 5 nitrogen and oxygen atoms in total. The van der Waals surface area contributed by atoms with Gasteiger partial charge in [0.15, 0.2) is 0 Å². The van der Waals surface area contributed by atoms with E-state index in [-0.39, 0.29) is 24.1 Å². The quantitative estimate of drug-likeness (QED) is 0.727. The lowest BCUT2D eigenvalue weighted by atomic mass is 9.96. The smallest absolute Gasteiger partial charge is 0.225 e. The van der Waals surface area contributed by atoms with Gasteiger partial charge in [-0.15, -0.1) is 0 Å². The zero-order chi connectivity index (χ0) is 16.3. The second kappa shape index (κ2) is 6.62. The van der Waals surface area contributed by atoms with Crippen molar-refractivity contribution in [3.8, 4) is 0 Å². The van der Waals surface area contributed by atoms with Crippen molar-refractivity contribution in [1.29, 1.82) is 0 Å². The van der Waals surface area contributed by atoms with Gasteiger partial charge in [-0.1, -0.05) is 0 Å². The highest BCUT2D eigenvalue weighted by Gasteiger charge is 2.35. The second-order valence-corrected chi connectivity index (χ2v) is 6.39. The van der Waals surface area contributed by atoms with Gasteiger partial charge in [-0.3, -0.25) is 9.69 Å². The molecule has 1 aromatic rings. The number of hydrogen-bond acceptors (Lipinski definition) is 4. The molecule has 0 radical (unpaired) electrons. The maximum atomic E-state index is 13.6. The van der Waals surface area contributed by atoms with Crippen LogP contribution in [0.2, 0.25) is 0 Å². The Kier molecular flexibility index (Phi) is 5.03. The summed E-state index contributed by atoms with van der Waals surface area (Å²) in [7, 11) is 0. The molecule has 1 aliphatic rings. The Bertz CT molecular complexity index is 543. The average Bonchev–Trinajstić information content (AvgIpc) is 2.89. The Labute approximate surface area is 130 Å². The molecule has 1 aliphatic heterocycles. The van der Waals surface area contributed by atoms with Crippen LogP contribution in [0.4, 0.5) is 15.8 Å². The van der Waals surface area contributed by atoms with Crippen LogP contribution >= 0.6 is 0 Å². The van der Waals surface area contributed by atoms with Crippen LogP contribution in [-0.2, 0) is 4.79 Å². The third-order valence-electron chi connectivity index (χ3n) is 4.07. The molecule has 0 bridgehead atoms. The van der Waals surface area contributed by atoms with E-state index in [1.807, 2.05) is 0 Å². The summed E-state index contributed by atoms with van der Waals surface area (Å²) in [5.74, 6) is -0.760. The van der Waals surface area contributed by atoms with E-state index in [1.54, 1.807) is 13.8 Å². The molecule has 1 fully saturated rings. The number of nitrogens with one attached hydrogen (secondary N) is 1. The van der Waals surface area contributed by atoms with Crippen molar-refractivity contribution in [3.63, 3.8) is 0 Å². The molecule has 6 heteroatoms. The van der Waals surface area contributed by atoms with E-state index in [0.717, 1.165) is 19.4 Å². The number of likely N-dealkylation sites (tertiary alicyclic amines) is 1. The van der Waals surface area contributed by atoms with E-state index in [4.69, 9.17) is 5.73 Å². The molecular formula is C16H24FN3O2. The van der Waals surface area contributed by atoms with E-state index in [9.17, 15) is 14.3 Å². The number of amides is 1. The molecule has 1 heterocycles. The lowest BCUT2D eigenvalue weighted by Gasteiger charge is -2.33. The minimum absolute atomic E-state index is 0.0596. The summed E-state index contributed by atoms with van der Waals surface area (Å²) >= 11 is 0. The van der Waals surface area contributed by atoms with Crippen LogP contribution in [0.15, 0.2) is 18.2 Å². The number of anilines is 2. The van der Waals surface area contributed by atoms with Crippen molar-refractivity contribution < 1.29 is 14.3 Å². The summed E-state index contributed by atoms with van der Waals surface area (Å²) in [6.07, 6.45) is 2.19.